The predicted octanol–water partition coefficient (Wildman–Crippen LogP) is 2.63. The SMILES string of the molecule is Cc1[nH]c2ccccc2c1CC(=O)N1CCN(c2ncccc2C#N)CC1. The number of fused-ring (bicyclic) bond motifs is 1. The molecule has 3 aromatic rings. The Bertz CT molecular complexity index is 1020. The Balaban J connectivity index is 1.44. The van der Waals surface area contributed by atoms with Crippen LogP contribution in [0.5, 0.6) is 0 Å². The molecular formula is C21H21N5O. The van der Waals surface area contributed by atoms with Gasteiger partial charge in [0, 0.05) is 49.0 Å². The third-order valence-electron chi connectivity index (χ3n) is 5.19. The third-order valence-corrected chi connectivity index (χ3v) is 5.19. The molecule has 2 aromatic heterocycles. The van der Waals surface area contributed by atoms with Crippen molar-refractivity contribution in [1.29, 1.82) is 5.26 Å². The van der Waals surface area contributed by atoms with Gasteiger partial charge in [0.05, 0.1) is 12.0 Å². The average molecular weight is 359 g/mol. The lowest BCUT2D eigenvalue weighted by molar-refractivity contribution is -0.130. The van der Waals surface area contributed by atoms with Crippen LogP contribution < -0.4 is 4.90 Å². The molecule has 1 amide bonds. The maximum atomic E-state index is 12.9. The van der Waals surface area contributed by atoms with E-state index in [2.05, 4.69) is 27.0 Å². The van der Waals surface area contributed by atoms with E-state index in [1.807, 2.05) is 30.0 Å². The Morgan fingerprint density at radius 1 is 1.19 bits per heavy atom. The summed E-state index contributed by atoms with van der Waals surface area (Å²) in [7, 11) is 0. The van der Waals surface area contributed by atoms with Crippen molar-refractivity contribution in [2.75, 3.05) is 31.1 Å². The zero-order chi connectivity index (χ0) is 18.8. The number of rotatable bonds is 3. The van der Waals surface area contributed by atoms with E-state index in [0.29, 0.717) is 44.0 Å². The molecule has 1 aliphatic heterocycles. The standard InChI is InChI=1S/C21H21N5O/c1-15-18(17-6-2-3-7-19(17)24-15)13-20(27)25-9-11-26(12-10-25)21-16(14-22)5-4-8-23-21/h2-8,24H,9-13H2,1H3. The molecular weight excluding hydrogens is 338 g/mol. The fourth-order valence-electron chi connectivity index (χ4n) is 3.73. The van der Waals surface area contributed by atoms with Gasteiger partial charge >= 0.3 is 0 Å². The molecule has 1 fully saturated rings. The van der Waals surface area contributed by atoms with E-state index in [9.17, 15) is 10.1 Å². The number of amides is 1. The van der Waals surface area contributed by atoms with Crippen LogP contribution in [-0.2, 0) is 11.2 Å². The minimum atomic E-state index is 0.143. The fourth-order valence-corrected chi connectivity index (χ4v) is 3.73. The van der Waals surface area contributed by atoms with E-state index in [0.717, 1.165) is 22.2 Å². The Morgan fingerprint density at radius 3 is 2.74 bits per heavy atom. The number of H-pyrrole nitrogens is 1. The van der Waals surface area contributed by atoms with Gasteiger partial charge in [-0.05, 0) is 30.7 Å². The first-order chi connectivity index (χ1) is 13.2. The molecule has 6 heteroatoms. The molecule has 0 bridgehead atoms. The lowest BCUT2D eigenvalue weighted by Gasteiger charge is -2.35. The highest BCUT2D eigenvalue weighted by atomic mass is 16.2. The van der Waals surface area contributed by atoms with Crippen molar-refractivity contribution < 1.29 is 4.79 Å². The quantitative estimate of drug-likeness (QED) is 0.780. The van der Waals surface area contributed by atoms with Gasteiger partial charge in [0.15, 0.2) is 0 Å². The molecule has 1 N–H and O–H groups in total. The Hall–Kier alpha value is -3.33. The molecule has 0 saturated carbocycles. The van der Waals surface area contributed by atoms with E-state index in [4.69, 9.17) is 0 Å². The molecule has 1 aromatic carbocycles. The maximum Gasteiger partial charge on any atom is 0.227 e. The zero-order valence-electron chi connectivity index (χ0n) is 15.3. The number of hydrogen-bond acceptors (Lipinski definition) is 4. The van der Waals surface area contributed by atoms with E-state index in [1.54, 1.807) is 18.3 Å². The van der Waals surface area contributed by atoms with Crippen LogP contribution in [0.1, 0.15) is 16.8 Å². The van der Waals surface area contributed by atoms with Crippen LogP contribution in [0.15, 0.2) is 42.6 Å². The summed E-state index contributed by atoms with van der Waals surface area (Å²) < 4.78 is 0. The highest BCUT2D eigenvalue weighted by Crippen LogP contribution is 2.23. The van der Waals surface area contributed by atoms with Crippen LogP contribution in [0, 0.1) is 18.3 Å². The number of aromatic amines is 1. The van der Waals surface area contributed by atoms with Gasteiger partial charge in [-0.25, -0.2) is 4.98 Å². The minimum Gasteiger partial charge on any atom is -0.358 e. The number of piperazine rings is 1. The summed E-state index contributed by atoms with van der Waals surface area (Å²) in [6, 6.07) is 13.8. The molecule has 136 valence electrons. The number of carbonyl (C=O) groups excluding carboxylic acids is 1. The van der Waals surface area contributed by atoms with Gasteiger partial charge in [0.1, 0.15) is 11.9 Å². The Morgan fingerprint density at radius 2 is 1.96 bits per heavy atom. The van der Waals surface area contributed by atoms with Gasteiger partial charge in [0.25, 0.3) is 0 Å². The molecule has 0 atom stereocenters. The van der Waals surface area contributed by atoms with E-state index >= 15 is 0 Å². The minimum absolute atomic E-state index is 0.143. The van der Waals surface area contributed by atoms with Crippen molar-refractivity contribution in [2.45, 2.75) is 13.3 Å². The monoisotopic (exact) mass is 359 g/mol. The summed E-state index contributed by atoms with van der Waals surface area (Å²) in [5.74, 6) is 0.851. The second-order valence-electron chi connectivity index (χ2n) is 6.81. The number of benzene rings is 1. The molecule has 1 saturated heterocycles. The Kier molecular flexibility index (Phi) is 4.51. The van der Waals surface area contributed by atoms with Gasteiger partial charge in [-0.2, -0.15) is 5.26 Å². The van der Waals surface area contributed by atoms with Gasteiger partial charge in [0.2, 0.25) is 5.91 Å². The van der Waals surface area contributed by atoms with Crippen LogP contribution in [-0.4, -0.2) is 47.0 Å². The maximum absolute atomic E-state index is 12.9. The first-order valence-electron chi connectivity index (χ1n) is 9.11. The number of carbonyl (C=O) groups is 1. The summed E-state index contributed by atoms with van der Waals surface area (Å²) in [6.07, 6.45) is 2.11. The zero-order valence-corrected chi connectivity index (χ0v) is 15.3. The number of nitrogens with zero attached hydrogens (tertiary/aromatic N) is 4. The third kappa shape index (κ3) is 3.24. The Labute approximate surface area is 158 Å². The molecule has 0 aliphatic carbocycles. The van der Waals surface area contributed by atoms with Crippen LogP contribution in [0.2, 0.25) is 0 Å². The van der Waals surface area contributed by atoms with Crippen LogP contribution >= 0.6 is 0 Å². The highest BCUT2D eigenvalue weighted by Gasteiger charge is 2.24. The highest BCUT2D eigenvalue weighted by molar-refractivity contribution is 5.90. The van der Waals surface area contributed by atoms with Crippen LogP contribution in [0.3, 0.4) is 0 Å². The first-order valence-corrected chi connectivity index (χ1v) is 9.11. The number of pyridine rings is 1. The van der Waals surface area contributed by atoms with Crippen molar-refractivity contribution in [1.82, 2.24) is 14.9 Å². The molecule has 0 spiro atoms. The van der Waals surface area contributed by atoms with Gasteiger partial charge < -0.3 is 14.8 Å². The second kappa shape index (κ2) is 7.12. The lowest BCUT2D eigenvalue weighted by atomic mass is 10.1. The largest absolute Gasteiger partial charge is 0.358 e. The van der Waals surface area contributed by atoms with Crippen molar-refractivity contribution in [3.63, 3.8) is 0 Å². The summed E-state index contributed by atoms with van der Waals surface area (Å²) >= 11 is 0. The molecule has 4 rings (SSSR count). The van der Waals surface area contributed by atoms with E-state index in [1.165, 1.54) is 0 Å². The smallest absolute Gasteiger partial charge is 0.227 e. The predicted molar refractivity (Wildman–Crippen MR) is 104 cm³/mol. The van der Waals surface area contributed by atoms with Gasteiger partial charge in [-0.15, -0.1) is 0 Å². The number of nitriles is 1. The van der Waals surface area contributed by atoms with E-state index in [-0.39, 0.29) is 5.91 Å². The topological polar surface area (TPSA) is 76.0 Å². The van der Waals surface area contributed by atoms with Crippen molar-refractivity contribution >= 4 is 22.6 Å². The number of nitrogens with one attached hydrogen (secondary N) is 1. The van der Waals surface area contributed by atoms with Crippen molar-refractivity contribution in [2.24, 2.45) is 0 Å². The normalized spacial score (nSPS) is 14.4. The second-order valence-corrected chi connectivity index (χ2v) is 6.81. The number of hydrogen-bond donors (Lipinski definition) is 1. The molecule has 0 radical (unpaired) electrons. The summed E-state index contributed by atoms with van der Waals surface area (Å²) in [5, 5.41) is 10.4. The van der Waals surface area contributed by atoms with Crippen molar-refractivity contribution in [3.05, 3.63) is 59.4 Å². The molecule has 6 nitrogen and oxygen atoms in total. The summed E-state index contributed by atoms with van der Waals surface area (Å²) in [5.41, 5.74) is 3.78. The lowest BCUT2D eigenvalue weighted by Crippen LogP contribution is -2.49. The average Bonchev–Trinajstić information content (AvgIpc) is 3.03. The summed E-state index contributed by atoms with van der Waals surface area (Å²) in [4.78, 5) is 24.5. The van der Waals surface area contributed by atoms with Crippen LogP contribution in [0.4, 0.5) is 5.82 Å². The van der Waals surface area contributed by atoms with Crippen molar-refractivity contribution in [3.8, 4) is 6.07 Å². The number of aromatic nitrogens is 2. The van der Waals surface area contributed by atoms with E-state index < -0.39 is 0 Å². The molecule has 1 aliphatic rings. The number of aryl methyl sites for hydroxylation is 1. The molecule has 0 unspecified atom stereocenters. The van der Waals surface area contributed by atoms with Gasteiger partial charge in [-0.1, -0.05) is 18.2 Å². The van der Waals surface area contributed by atoms with Gasteiger partial charge in [-0.3, -0.25) is 4.79 Å². The molecule has 3 heterocycles. The summed E-state index contributed by atoms with van der Waals surface area (Å²) in [6.45, 7) is 4.67. The first kappa shape index (κ1) is 17.1. The molecule has 27 heavy (non-hydrogen) atoms. The number of para-hydroxylation sites is 1. The number of anilines is 1. The van der Waals surface area contributed by atoms with Crippen LogP contribution in [0.25, 0.3) is 10.9 Å². The fraction of sp³-hybridized carbons (Fsp3) is 0.286.